The summed E-state index contributed by atoms with van der Waals surface area (Å²) in [4.78, 5) is 10.6. The molecule has 0 heterocycles. The molecule has 3 rings (SSSR count). The van der Waals surface area contributed by atoms with Gasteiger partial charge in [0, 0.05) is 5.69 Å². The van der Waals surface area contributed by atoms with Crippen LogP contribution < -0.4 is 11.5 Å². The molecule has 0 amide bonds. The van der Waals surface area contributed by atoms with Crippen LogP contribution in [0.15, 0.2) is 57.6 Å². The zero-order chi connectivity index (χ0) is 20.6. The number of hydrogen-bond donors (Lipinski definition) is 5. The fourth-order valence-electron chi connectivity index (χ4n) is 2.60. The molecule has 0 aliphatic heterocycles. The Balaban J connectivity index is 2.21. The van der Waals surface area contributed by atoms with E-state index in [2.05, 4.69) is 10.2 Å². The number of anilines is 2. The van der Waals surface area contributed by atoms with Crippen LogP contribution in [0.5, 0.6) is 5.75 Å². The third-order valence-electron chi connectivity index (χ3n) is 3.87. The number of nitrogens with two attached hydrogens (primary N) is 2. The molecule has 144 valence electrons. The van der Waals surface area contributed by atoms with Gasteiger partial charge in [0.1, 0.15) is 22.0 Å². The topological polar surface area (TPSA) is 189 Å². The van der Waals surface area contributed by atoms with E-state index in [0.29, 0.717) is 5.39 Å². The van der Waals surface area contributed by atoms with E-state index in [1.165, 1.54) is 30.3 Å². The molecule has 0 radical (unpaired) electrons. The number of carbonyl (C=O) groups is 1. The minimum Gasteiger partial charge on any atom is -0.507 e. The Kier molecular flexibility index (Phi) is 4.63. The summed E-state index contributed by atoms with van der Waals surface area (Å²) >= 11 is 0. The highest BCUT2D eigenvalue weighted by molar-refractivity contribution is 7.86. The first-order chi connectivity index (χ1) is 13.1. The van der Waals surface area contributed by atoms with Crippen LogP contribution in [-0.4, -0.2) is 29.2 Å². The van der Waals surface area contributed by atoms with Gasteiger partial charge in [-0.3, -0.25) is 4.55 Å². The summed E-state index contributed by atoms with van der Waals surface area (Å²) in [6.07, 6.45) is 0. The first-order valence-corrected chi connectivity index (χ1v) is 9.09. The lowest BCUT2D eigenvalue weighted by molar-refractivity contribution is 0.0696. The summed E-state index contributed by atoms with van der Waals surface area (Å²) < 4.78 is 32.4. The molecule has 11 heteroatoms. The van der Waals surface area contributed by atoms with Crippen LogP contribution >= 0.6 is 0 Å². The van der Waals surface area contributed by atoms with Gasteiger partial charge in [0.2, 0.25) is 0 Å². The second kappa shape index (κ2) is 6.79. The van der Waals surface area contributed by atoms with Gasteiger partial charge < -0.3 is 21.7 Å². The minimum absolute atomic E-state index is 0.00468. The van der Waals surface area contributed by atoms with Crippen molar-refractivity contribution in [2.24, 2.45) is 10.2 Å². The lowest BCUT2D eigenvalue weighted by atomic mass is 10.0. The Bertz CT molecular complexity index is 1250. The molecule has 3 aromatic carbocycles. The number of carboxylic acid groups (broad SMARTS) is 1. The van der Waals surface area contributed by atoms with Crippen LogP contribution in [-0.2, 0) is 10.1 Å². The van der Waals surface area contributed by atoms with Crippen molar-refractivity contribution in [2.75, 3.05) is 11.5 Å². The van der Waals surface area contributed by atoms with Crippen LogP contribution in [0.25, 0.3) is 10.8 Å². The predicted octanol–water partition coefficient (Wildman–Crippen LogP) is 3.07. The van der Waals surface area contributed by atoms with E-state index in [4.69, 9.17) is 16.6 Å². The fourth-order valence-corrected chi connectivity index (χ4v) is 3.25. The lowest BCUT2D eigenvalue weighted by Gasteiger charge is -2.09. The van der Waals surface area contributed by atoms with Crippen molar-refractivity contribution >= 4 is 49.6 Å². The first-order valence-electron chi connectivity index (χ1n) is 7.65. The number of phenols is 1. The number of aromatic carboxylic acids is 1. The largest absolute Gasteiger partial charge is 0.507 e. The molecule has 3 aromatic rings. The SMILES string of the molecule is Nc1ccc(/N=N/c2c(N)ccc3cc(C(=O)O)cc(O)c23)c(S(=O)(=O)O)c1. The second-order valence-electron chi connectivity index (χ2n) is 5.80. The third kappa shape index (κ3) is 3.56. The van der Waals surface area contributed by atoms with Gasteiger partial charge in [0.25, 0.3) is 10.1 Å². The third-order valence-corrected chi connectivity index (χ3v) is 4.75. The van der Waals surface area contributed by atoms with Crippen LogP contribution in [0.2, 0.25) is 0 Å². The van der Waals surface area contributed by atoms with Crippen molar-refractivity contribution in [1.82, 2.24) is 0 Å². The average Bonchev–Trinajstić information content (AvgIpc) is 2.61. The van der Waals surface area contributed by atoms with E-state index >= 15 is 0 Å². The van der Waals surface area contributed by atoms with Crippen molar-refractivity contribution in [3.8, 4) is 5.75 Å². The van der Waals surface area contributed by atoms with Crippen LogP contribution in [0, 0.1) is 0 Å². The monoisotopic (exact) mass is 402 g/mol. The van der Waals surface area contributed by atoms with Crippen molar-refractivity contribution in [3.63, 3.8) is 0 Å². The maximum absolute atomic E-state index is 11.5. The summed E-state index contributed by atoms with van der Waals surface area (Å²) in [5.41, 5.74) is 11.3. The fraction of sp³-hybridized carbons (Fsp3) is 0. The molecule has 0 fully saturated rings. The number of phenolic OH excluding ortho intramolecular Hbond substituents is 1. The summed E-state index contributed by atoms with van der Waals surface area (Å²) in [7, 11) is -4.62. The number of rotatable bonds is 4. The van der Waals surface area contributed by atoms with Crippen molar-refractivity contribution in [1.29, 1.82) is 0 Å². The maximum atomic E-state index is 11.5. The summed E-state index contributed by atoms with van der Waals surface area (Å²) in [6.45, 7) is 0. The molecule has 0 spiro atoms. The smallest absolute Gasteiger partial charge is 0.335 e. The highest BCUT2D eigenvalue weighted by Gasteiger charge is 2.17. The second-order valence-corrected chi connectivity index (χ2v) is 7.19. The molecular weight excluding hydrogens is 388 g/mol. The zero-order valence-corrected chi connectivity index (χ0v) is 14.9. The number of aromatic hydroxyl groups is 1. The lowest BCUT2D eigenvalue weighted by Crippen LogP contribution is -1.99. The number of nitrogen functional groups attached to an aromatic ring is 2. The maximum Gasteiger partial charge on any atom is 0.335 e. The van der Waals surface area contributed by atoms with Gasteiger partial charge in [0.05, 0.1) is 16.6 Å². The Morgan fingerprint density at radius 3 is 2.36 bits per heavy atom. The molecule has 0 bridgehead atoms. The Labute approximate surface area is 158 Å². The molecule has 0 aliphatic carbocycles. The quantitative estimate of drug-likeness (QED) is 0.250. The molecule has 0 saturated carbocycles. The average molecular weight is 402 g/mol. The van der Waals surface area contributed by atoms with Crippen molar-refractivity contribution in [2.45, 2.75) is 4.90 Å². The number of hydrogen-bond acceptors (Lipinski definition) is 8. The van der Waals surface area contributed by atoms with Gasteiger partial charge in [-0.2, -0.15) is 8.42 Å². The molecule has 10 nitrogen and oxygen atoms in total. The number of fused-ring (bicyclic) bond motifs is 1. The van der Waals surface area contributed by atoms with Crippen molar-refractivity contribution in [3.05, 3.63) is 48.0 Å². The summed E-state index contributed by atoms with van der Waals surface area (Å²) in [5, 5.41) is 27.6. The predicted molar refractivity (Wildman–Crippen MR) is 102 cm³/mol. The van der Waals surface area contributed by atoms with Gasteiger partial charge in [-0.25, -0.2) is 4.79 Å². The Morgan fingerprint density at radius 2 is 1.71 bits per heavy atom. The summed E-state index contributed by atoms with van der Waals surface area (Å²) in [5.74, 6) is -1.61. The number of nitrogens with zero attached hydrogens (tertiary/aromatic N) is 2. The van der Waals surface area contributed by atoms with E-state index in [-0.39, 0.29) is 39.4 Å². The minimum atomic E-state index is -4.62. The molecule has 28 heavy (non-hydrogen) atoms. The summed E-state index contributed by atoms with van der Waals surface area (Å²) in [6, 6.07) is 8.93. The normalized spacial score (nSPS) is 11.9. The highest BCUT2D eigenvalue weighted by Crippen LogP contribution is 2.40. The van der Waals surface area contributed by atoms with Gasteiger partial charge in [-0.15, -0.1) is 10.2 Å². The van der Waals surface area contributed by atoms with Crippen LogP contribution in [0.1, 0.15) is 10.4 Å². The molecular formula is C17H14N4O6S. The standard InChI is InChI=1S/C17H14N4O6S/c18-10-2-4-12(14(7-10)28(25,26)27)20-21-16-11(19)3-1-8-5-9(17(23)24)6-13(22)15(8)16/h1-7,22H,18-19H2,(H,23,24)(H,25,26,27)/b21-20+. The highest BCUT2D eigenvalue weighted by atomic mass is 32.2. The van der Waals surface area contributed by atoms with E-state index < -0.39 is 21.0 Å². The van der Waals surface area contributed by atoms with Gasteiger partial charge >= 0.3 is 5.97 Å². The number of benzene rings is 3. The van der Waals surface area contributed by atoms with E-state index in [0.717, 1.165) is 12.1 Å². The van der Waals surface area contributed by atoms with E-state index in [9.17, 15) is 22.9 Å². The van der Waals surface area contributed by atoms with Crippen LogP contribution in [0.3, 0.4) is 0 Å². The van der Waals surface area contributed by atoms with Gasteiger partial charge in [-0.05, 0) is 41.8 Å². The Hall–Kier alpha value is -3.70. The van der Waals surface area contributed by atoms with Crippen LogP contribution in [0.4, 0.5) is 22.7 Å². The van der Waals surface area contributed by atoms with Gasteiger partial charge in [-0.1, -0.05) is 6.07 Å². The molecule has 0 aliphatic rings. The Morgan fingerprint density at radius 1 is 1.00 bits per heavy atom. The first kappa shape index (κ1) is 19.1. The van der Waals surface area contributed by atoms with Gasteiger partial charge in [0.15, 0.2) is 0 Å². The number of azo groups is 1. The molecule has 7 N–H and O–H groups in total. The van der Waals surface area contributed by atoms with E-state index in [1.54, 1.807) is 0 Å². The van der Waals surface area contributed by atoms with E-state index in [1.807, 2.05) is 0 Å². The number of carboxylic acids is 1. The molecule has 0 unspecified atom stereocenters. The molecule has 0 saturated heterocycles. The molecule has 0 aromatic heterocycles. The van der Waals surface area contributed by atoms with Crippen molar-refractivity contribution < 1.29 is 28.0 Å². The molecule has 0 atom stereocenters. The zero-order valence-electron chi connectivity index (χ0n) is 14.1.